The molecule has 0 aliphatic heterocycles. The van der Waals surface area contributed by atoms with Crippen LogP contribution >= 0.6 is 0 Å². The minimum absolute atomic E-state index is 0.0545. The molecule has 0 fully saturated rings. The lowest BCUT2D eigenvalue weighted by atomic mass is 10.00. The van der Waals surface area contributed by atoms with Gasteiger partial charge in [0.2, 0.25) is 0 Å². The van der Waals surface area contributed by atoms with E-state index in [1.807, 2.05) is 60.7 Å². The zero-order valence-corrected chi connectivity index (χ0v) is 20.0. The molecule has 6 aromatic carbocycles. The molecule has 0 radical (unpaired) electrons. The summed E-state index contributed by atoms with van der Waals surface area (Å²) in [7, 11) is 0. The van der Waals surface area contributed by atoms with Crippen molar-refractivity contribution in [1.29, 1.82) is 0 Å². The number of hydrogen-bond donors (Lipinski definition) is 0. The third-order valence-corrected chi connectivity index (χ3v) is 7.05. The normalized spacial score (nSPS) is 14.6. The van der Waals surface area contributed by atoms with Gasteiger partial charge in [-0.1, -0.05) is 90.9 Å². The lowest BCUT2D eigenvalue weighted by molar-refractivity contribution is 0.669. The molecule has 8 rings (SSSR count). The van der Waals surface area contributed by atoms with Gasteiger partial charge < -0.3 is 8.98 Å². The summed E-state index contributed by atoms with van der Waals surface area (Å²) in [5, 5.41) is 2.03. The predicted octanol–water partition coefficient (Wildman–Crippen LogP) is 10.0. The van der Waals surface area contributed by atoms with Gasteiger partial charge in [-0.25, -0.2) is 0 Å². The van der Waals surface area contributed by atoms with Crippen LogP contribution in [0, 0.1) is 0 Å². The molecule has 0 saturated heterocycles. The molecule has 0 aliphatic rings. The van der Waals surface area contributed by atoms with Gasteiger partial charge in [-0.2, -0.15) is 0 Å². The van der Waals surface area contributed by atoms with E-state index in [9.17, 15) is 0 Å². The number of aromatic nitrogens is 1. The van der Waals surface area contributed by atoms with Crippen molar-refractivity contribution in [3.05, 3.63) is 139 Å². The first-order valence-electron chi connectivity index (χ1n) is 16.3. The van der Waals surface area contributed by atoms with Gasteiger partial charge in [0.1, 0.15) is 11.2 Å². The van der Waals surface area contributed by atoms with E-state index >= 15 is 0 Å². The molecule has 2 nitrogen and oxygen atoms in total. The molecule has 0 saturated carbocycles. The molecule has 2 heterocycles. The summed E-state index contributed by atoms with van der Waals surface area (Å²) in [5.74, 6) is 0. The molecule has 0 amide bonds. The van der Waals surface area contributed by atoms with Crippen LogP contribution in [0.3, 0.4) is 0 Å². The molecule has 2 aromatic heterocycles. The number of para-hydroxylation sites is 2. The van der Waals surface area contributed by atoms with Gasteiger partial charge in [-0.05, 0) is 70.7 Å². The molecule has 178 valence electrons. The Morgan fingerprint density at radius 3 is 1.68 bits per heavy atom. The maximum Gasteiger partial charge on any atom is 0.135 e. The minimum atomic E-state index is -0.464. The van der Waals surface area contributed by atoms with Crippen LogP contribution in [0.25, 0.3) is 71.7 Å². The Bertz CT molecular complexity index is 2490. The van der Waals surface area contributed by atoms with Crippen molar-refractivity contribution in [2.24, 2.45) is 0 Å². The van der Waals surface area contributed by atoms with Crippen molar-refractivity contribution in [1.82, 2.24) is 4.57 Å². The average molecular weight is 494 g/mol. The van der Waals surface area contributed by atoms with E-state index in [0.717, 1.165) is 44.2 Å². The molecular formula is C36H23NO. The van der Waals surface area contributed by atoms with Crippen LogP contribution in [0.15, 0.2) is 144 Å². The summed E-state index contributed by atoms with van der Waals surface area (Å²) in [4.78, 5) is 0. The Balaban J connectivity index is 1.38. The number of benzene rings is 6. The highest BCUT2D eigenvalue weighted by Crippen LogP contribution is 2.36. The third-order valence-electron chi connectivity index (χ3n) is 7.05. The molecule has 0 bridgehead atoms. The van der Waals surface area contributed by atoms with Gasteiger partial charge in [0.05, 0.1) is 22.0 Å². The maximum atomic E-state index is 8.80. The smallest absolute Gasteiger partial charge is 0.135 e. The van der Waals surface area contributed by atoms with E-state index in [2.05, 4.69) is 24.3 Å². The van der Waals surface area contributed by atoms with Crippen LogP contribution in [-0.4, -0.2) is 4.57 Å². The lowest BCUT2D eigenvalue weighted by Gasteiger charge is -2.10. The lowest BCUT2D eigenvalue weighted by Crippen LogP contribution is -1.94. The number of nitrogens with zero attached hydrogens (tertiary/aromatic N) is 1. The summed E-state index contributed by atoms with van der Waals surface area (Å²) in [6.45, 7) is 0. The van der Waals surface area contributed by atoms with E-state index in [1.165, 1.54) is 4.57 Å². The Hall–Kier alpha value is -5.08. The highest BCUT2D eigenvalue weighted by molar-refractivity contribution is 6.10. The largest absolute Gasteiger partial charge is 0.456 e. The van der Waals surface area contributed by atoms with E-state index in [0.29, 0.717) is 5.69 Å². The first-order valence-corrected chi connectivity index (χ1v) is 12.3. The Morgan fingerprint density at radius 2 is 1.03 bits per heavy atom. The van der Waals surface area contributed by atoms with Gasteiger partial charge in [0.15, 0.2) is 0 Å². The summed E-state index contributed by atoms with van der Waals surface area (Å²) in [6, 6.07) is 26.4. The fourth-order valence-corrected chi connectivity index (χ4v) is 5.27. The first-order chi connectivity index (χ1) is 22.2. The van der Waals surface area contributed by atoms with Crippen LogP contribution in [0.4, 0.5) is 0 Å². The topological polar surface area (TPSA) is 18.1 Å². The average Bonchev–Trinajstić information content (AvgIpc) is 3.64. The van der Waals surface area contributed by atoms with Crippen molar-refractivity contribution in [3.63, 3.8) is 0 Å². The number of fused-ring (bicyclic) bond motifs is 6. The second kappa shape index (κ2) is 8.22. The number of rotatable bonds is 3. The third kappa shape index (κ3) is 3.21. The van der Waals surface area contributed by atoms with Crippen molar-refractivity contribution in [2.45, 2.75) is 0 Å². The molecule has 0 atom stereocenters. The van der Waals surface area contributed by atoms with Crippen LogP contribution in [0.5, 0.6) is 0 Å². The Morgan fingerprint density at radius 1 is 0.474 bits per heavy atom. The molecular weight excluding hydrogens is 462 g/mol. The van der Waals surface area contributed by atoms with Crippen LogP contribution < -0.4 is 0 Å². The van der Waals surface area contributed by atoms with Crippen LogP contribution in [0.1, 0.15) is 11.0 Å². The molecule has 0 N–H and O–H groups in total. The SMILES string of the molecule is [2H]c1c([2H])c([2H])c2c(c1[2H])c1c([2H])c([2H])c([2H])c([2H])c1n2-c1cccc(-c2ccc3oc4ccc(-c5ccccc5)cc4c3c2)c1. The van der Waals surface area contributed by atoms with Crippen molar-refractivity contribution in [2.75, 3.05) is 0 Å². The summed E-state index contributed by atoms with van der Waals surface area (Å²) >= 11 is 0. The second-order valence-electron chi connectivity index (χ2n) is 9.22. The standard InChI is InChI=1S/C36H23NO/c1-2-9-24(10-3-1)26-17-19-35-31(22-26)32-23-27(18-20-36(32)38-35)25-11-8-12-28(21-25)37-33-15-6-4-13-29(33)30-14-5-7-16-34(30)37/h1-23H/i4D,5D,6D,7D,13D,14D,15D,16D. The van der Waals surface area contributed by atoms with Crippen molar-refractivity contribution < 1.29 is 15.4 Å². The fourth-order valence-electron chi connectivity index (χ4n) is 5.27. The number of furan rings is 1. The molecule has 0 spiro atoms. The molecule has 0 aliphatic carbocycles. The molecule has 2 heteroatoms. The Kier molecular flexibility index (Phi) is 3.16. The zero-order valence-electron chi connectivity index (χ0n) is 28.0. The van der Waals surface area contributed by atoms with E-state index in [4.69, 9.17) is 15.4 Å². The maximum absolute atomic E-state index is 8.80. The predicted molar refractivity (Wildman–Crippen MR) is 159 cm³/mol. The highest BCUT2D eigenvalue weighted by Gasteiger charge is 2.13. The van der Waals surface area contributed by atoms with Crippen molar-refractivity contribution in [3.8, 4) is 27.9 Å². The van der Waals surface area contributed by atoms with Gasteiger partial charge >= 0.3 is 0 Å². The van der Waals surface area contributed by atoms with Crippen LogP contribution in [0.2, 0.25) is 0 Å². The van der Waals surface area contributed by atoms with Crippen molar-refractivity contribution >= 4 is 43.7 Å². The summed E-state index contributed by atoms with van der Waals surface area (Å²) < 4.78 is 76.0. The quantitative estimate of drug-likeness (QED) is 0.239. The van der Waals surface area contributed by atoms with Gasteiger partial charge in [-0.3, -0.25) is 0 Å². The van der Waals surface area contributed by atoms with Gasteiger partial charge in [0.25, 0.3) is 0 Å². The van der Waals surface area contributed by atoms with Gasteiger partial charge in [-0.15, -0.1) is 0 Å². The zero-order chi connectivity index (χ0) is 32.0. The van der Waals surface area contributed by atoms with Crippen LogP contribution in [-0.2, 0) is 0 Å². The van der Waals surface area contributed by atoms with E-state index < -0.39 is 24.2 Å². The summed E-state index contributed by atoms with van der Waals surface area (Å²) in [6.07, 6.45) is 0. The highest BCUT2D eigenvalue weighted by atomic mass is 16.3. The minimum Gasteiger partial charge on any atom is -0.456 e. The molecule has 8 aromatic rings. The second-order valence-corrected chi connectivity index (χ2v) is 9.22. The summed E-state index contributed by atoms with van der Waals surface area (Å²) in [5.41, 5.74) is 6.06. The fraction of sp³-hybridized carbons (Fsp3) is 0. The number of hydrogen-bond acceptors (Lipinski definition) is 1. The van der Waals surface area contributed by atoms with E-state index in [-0.39, 0.29) is 46.0 Å². The first kappa shape index (κ1) is 14.6. The van der Waals surface area contributed by atoms with Gasteiger partial charge in [0, 0.05) is 27.2 Å². The molecule has 0 unspecified atom stereocenters. The monoisotopic (exact) mass is 493 g/mol. The molecule has 38 heavy (non-hydrogen) atoms. The van der Waals surface area contributed by atoms with E-state index in [1.54, 1.807) is 6.07 Å². The Labute approximate surface area is 231 Å².